The normalized spacial score (nSPS) is 15.6. The van der Waals surface area contributed by atoms with E-state index in [1.54, 1.807) is 18.2 Å². The lowest BCUT2D eigenvalue weighted by Crippen LogP contribution is -2.25. The van der Waals surface area contributed by atoms with Crippen LogP contribution >= 0.6 is 11.6 Å². The number of rotatable bonds is 7. The number of carboxylic acids is 1. The standard InChI is InChI=1S/C24H26ClN3O3/c25-18-8-11-20-21(14-18)28-23(27-20)16-6-9-19(10-7-16)26-22(29)13-17(24(30)31)12-15-4-2-1-3-5-15/h6-11,14-15,17H,1-5,12-13H2,(H,26,29)(H,27,28)(H,30,31). The number of benzene rings is 2. The minimum absolute atomic E-state index is 0.00207. The zero-order valence-electron chi connectivity index (χ0n) is 17.2. The Hall–Kier alpha value is -2.86. The molecule has 162 valence electrons. The number of anilines is 1. The number of H-pyrrole nitrogens is 1. The van der Waals surface area contributed by atoms with Crippen molar-refractivity contribution in [2.24, 2.45) is 11.8 Å². The molecule has 1 fully saturated rings. The topological polar surface area (TPSA) is 95.1 Å². The van der Waals surface area contributed by atoms with Gasteiger partial charge in [-0.05, 0) is 54.8 Å². The Morgan fingerprint density at radius 3 is 2.58 bits per heavy atom. The molecular formula is C24H26ClN3O3. The molecule has 0 radical (unpaired) electrons. The van der Waals surface area contributed by atoms with E-state index < -0.39 is 11.9 Å². The molecule has 0 bridgehead atoms. The zero-order chi connectivity index (χ0) is 21.8. The van der Waals surface area contributed by atoms with Crippen molar-refractivity contribution >= 4 is 40.2 Å². The number of carboxylic acid groups (broad SMARTS) is 1. The van der Waals surface area contributed by atoms with Gasteiger partial charge in [0.15, 0.2) is 0 Å². The second kappa shape index (κ2) is 9.52. The summed E-state index contributed by atoms with van der Waals surface area (Å²) in [6.45, 7) is 0. The van der Waals surface area contributed by atoms with Gasteiger partial charge >= 0.3 is 5.97 Å². The van der Waals surface area contributed by atoms with E-state index >= 15 is 0 Å². The van der Waals surface area contributed by atoms with Gasteiger partial charge in [0, 0.05) is 22.7 Å². The van der Waals surface area contributed by atoms with Crippen LogP contribution < -0.4 is 5.32 Å². The van der Waals surface area contributed by atoms with Crippen LogP contribution in [-0.2, 0) is 9.59 Å². The van der Waals surface area contributed by atoms with Crippen LogP contribution in [0.4, 0.5) is 5.69 Å². The van der Waals surface area contributed by atoms with E-state index in [0.29, 0.717) is 28.9 Å². The van der Waals surface area contributed by atoms with E-state index in [9.17, 15) is 14.7 Å². The highest BCUT2D eigenvalue weighted by Crippen LogP contribution is 2.30. The molecule has 1 aliphatic carbocycles. The van der Waals surface area contributed by atoms with Crippen LogP contribution in [0, 0.1) is 11.8 Å². The number of carbonyl (C=O) groups is 2. The third kappa shape index (κ3) is 5.44. The summed E-state index contributed by atoms with van der Waals surface area (Å²) in [5.41, 5.74) is 3.20. The number of aliphatic carboxylic acids is 1. The number of imidazole rings is 1. The van der Waals surface area contributed by atoms with E-state index in [1.165, 1.54) is 6.42 Å². The average Bonchev–Trinajstić information content (AvgIpc) is 3.17. The van der Waals surface area contributed by atoms with Crippen molar-refractivity contribution in [1.29, 1.82) is 0 Å². The first-order valence-corrected chi connectivity index (χ1v) is 11.1. The van der Waals surface area contributed by atoms with Gasteiger partial charge in [0.2, 0.25) is 5.91 Å². The molecule has 1 unspecified atom stereocenters. The Morgan fingerprint density at radius 1 is 1.13 bits per heavy atom. The van der Waals surface area contributed by atoms with Gasteiger partial charge in [0.25, 0.3) is 0 Å². The Morgan fingerprint density at radius 2 is 1.87 bits per heavy atom. The molecule has 0 aliphatic heterocycles. The Balaban J connectivity index is 1.38. The highest BCUT2D eigenvalue weighted by atomic mass is 35.5. The lowest BCUT2D eigenvalue weighted by Gasteiger charge is -2.24. The summed E-state index contributed by atoms with van der Waals surface area (Å²) in [7, 11) is 0. The van der Waals surface area contributed by atoms with Crippen LogP contribution in [0.3, 0.4) is 0 Å². The molecule has 1 aromatic heterocycles. The maximum atomic E-state index is 12.5. The zero-order valence-corrected chi connectivity index (χ0v) is 18.0. The van der Waals surface area contributed by atoms with Gasteiger partial charge in [0.05, 0.1) is 17.0 Å². The van der Waals surface area contributed by atoms with Crippen molar-refractivity contribution in [3.05, 3.63) is 47.5 Å². The number of hydrogen-bond acceptors (Lipinski definition) is 3. The summed E-state index contributed by atoms with van der Waals surface area (Å²) in [5.74, 6) is -0.658. The number of aromatic amines is 1. The average molecular weight is 440 g/mol. The lowest BCUT2D eigenvalue weighted by molar-refractivity contribution is -0.144. The van der Waals surface area contributed by atoms with Crippen molar-refractivity contribution in [2.75, 3.05) is 5.32 Å². The predicted molar refractivity (Wildman–Crippen MR) is 122 cm³/mol. The third-order valence-electron chi connectivity index (χ3n) is 6.01. The molecule has 31 heavy (non-hydrogen) atoms. The molecule has 6 nitrogen and oxygen atoms in total. The molecule has 3 N–H and O–H groups in total. The van der Waals surface area contributed by atoms with Gasteiger partial charge in [-0.15, -0.1) is 0 Å². The summed E-state index contributed by atoms with van der Waals surface area (Å²) < 4.78 is 0. The molecule has 2 aromatic carbocycles. The molecule has 1 saturated carbocycles. The summed E-state index contributed by atoms with van der Waals surface area (Å²) in [6.07, 6.45) is 6.27. The predicted octanol–water partition coefficient (Wildman–Crippen LogP) is 5.88. The first-order valence-electron chi connectivity index (χ1n) is 10.8. The molecule has 1 amide bonds. The van der Waals surface area contributed by atoms with Crippen molar-refractivity contribution in [1.82, 2.24) is 9.97 Å². The monoisotopic (exact) mass is 439 g/mol. The van der Waals surface area contributed by atoms with Crippen molar-refractivity contribution < 1.29 is 14.7 Å². The van der Waals surface area contributed by atoms with E-state index in [4.69, 9.17) is 11.6 Å². The van der Waals surface area contributed by atoms with Gasteiger partial charge in [-0.2, -0.15) is 0 Å². The smallest absolute Gasteiger partial charge is 0.307 e. The molecule has 0 spiro atoms. The summed E-state index contributed by atoms with van der Waals surface area (Å²) >= 11 is 6.03. The van der Waals surface area contributed by atoms with Crippen molar-refractivity contribution in [3.63, 3.8) is 0 Å². The fraction of sp³-hybridized carbons (Fsp3) is 0.375. The Bertz CT molecular complexity index is 1070. The Labute approximate surface area is 186 Å². The van der Waals surface area contributed by atoms with E-state index in [2.05, 4.69) is 15.3 Å². The van der Waals surface area contributed by atoms with E-state index in [-0.39, 0.29) is 12.3 Å². The van der Waals surface area contributed by atoms with Gasteiger partial charge in [-0.25, -0.2) is 4.98 Å². The largest absolute Gasteiger partial charge is 0.481 e. The Kier molecular flexibility index (Phi) is 6.56. The summed E-state index contributed by atoms with van der Waals surface area (Å²) in [6, 6.07) is 12.8. The second-order valence-electron chi connectivity index (χ2n) is 8.35. The SMILES string of the molecule is O=C(CC(CC1CCCCC1)C(=O)O)Nc1ccc(-c2nc3ccc(Cl)cc3[nH]2)cc1. The van der Waals surface area contributed by atoms with Gasteiger partial charge in [-0.3, -0.25) is 9.59 Å². The lowest BCUT2D eigenvalue weighted by atomic mass is 9.82. The summed E-state index contributed by atoms with van der Waals surface area (Å²) in [4.78, 5) is 31.9. The van der Waals surface area contributed by atoms with Crippen LogP contribution in [0.2, 0.25) is 5.02 Å². The number of fused-ring (bicyclic) bond motifs is 1. The molecule has 1 atom stereocenters. The molecule has 7 heteroatoms. The highest BCUT2D eigenvalue weighted by molar-refractivity contribution is 6.31. The number of amides is 1. The number of halogens is 1. The van der Waals surface area contributed by atoms with Crippen LogP contribution in [-0.4, -0.2) is 27.0 Å². The maximum Gasteiger partial charge on any atom is 0.307 e. The fourth-order valence-electron chi connectivity index (χ4n) is 4.36. The molecular weight excluding hydrogens is 414 g/mol. The quantitative estimate of drug-likeness (QED) is 0.428. The van der Waals surface area contributed by atoms with Gasteiger partial charge in [0.1, 0.15) is 5.82 Å². The highest BCUT2D eigenvalue weighted by Gasteiger charge is 2.26. The maximum absolute atomic E-state index is 12.5. The van der Waals surface area contributed by atoms with Crippen LogP contribution in [0.1, 0.15) is 44.9 Å². The number of carbonyl (C=O) groups excluding carboxylic acids is 1. The van der Waals surface area contributed by atoms with E-state index in [1.807, 2.05) is 24.3 Å². The van der Waals surface area contributed by atoms with E-state index in [0.717, 1.165) is 42.3 Å². The van der Waals surface area contributed by atoms with Gasteiger partial charge < -0.3 is 15.4 Å². The first kappa shape index (κ1) is 21.4. The number of nitrogens with zero attached hydrogens (tertiary/aromatic N) is 1. The number of aromatic nitrogens is 2. The second-order valence-corrected chi connectivity index (χ2v) is 8.79. The number of hydrogen-bond donors (Lipinski definition) is 3. The van der Waals surface area contributed by atoms with Gasteiger partial charge in [-0.1, -0.05) is 43.7 Å². The van der Waals surface area contributed by atoms with Crippen molar-refractivity contribution in [3.8, 4) is 11.4 Å². The number of nitrogens with one attached hydrogen (secondary N) is 2. The third-order valence-corrected chi connectivity index (χ3v) is 6.24. The van der Waals surface area contributed by atoms with Crippen LogP contribution in [0.5, 0.6) is 0 Å². The first-order chi connectivity index (χ1) is 15.0. The molecule has 0 saturated heterocycles. The molecule has 1 heterocycles. The molecule has 1 aliphatic rings. The van der Waals surface area contributed by atoms with Crippen LogP contribution in [0.15, 0.2) is 42.5 Å². The minimum atomic E-state index is -0.888. The molecule has 3 aromatic rings. The van der Waals surface area contributed by atoms with Crippen molar-refractivity contribution in [2.45, 2.75) is 44.9 Å². The minimum Gasteiger partial charge on any atom is -0.481 e. The van der Waals surface area contributed by atoms with Crippen LogP contribution in [0.25, 0.3) is 22.4 Å². The fourth-order valence-corrected chi connectivity index (χ4v) is 4.53. The molecule has 4 rings (SSSR count). The summed E-state index contributed by atoms with van der Waals surface area (Å²) in [5, 5.41) is 13.0.